The van der Waals surface area contributed by atoms with E-state index in [1.165, 1.54) is 0 Å². The van der Waals surface area contributed by atoms with Gasteiger partial charge in [0.25, 0.3) is 5.69 Å². The summed E-state index contributed by atoms with van der Waals surface area (Å²) in [4.78, 5) is 20.0. The fraction of sp³-hybridized carbons (Fsp3) is 0.364. The highest BCUT2D eigenvalue weighted by Gasteiger charge is 2.27. The minimum absolute atomic E-state index is 0.219. The summed E-state index contributed by atoms with van der Waals surface area (Å²) in [6.45, 7) is -0.239. The highest BCUT2D eigenvalue weighted by Crippen LogP contribution is 2.23. The van der Waals surface area contributed by atoms with Crippen LogP contribution in [0.5, 0.6) is 0 Å². The summed E-state index contributed by atoms with van der Waals surface area (Å²) in [5.41, 5.74) is -0.545. The van der Waals surface area contributed by atoms with Gasteiger partial charge >= 0.3 is 5.97 Å². The lowest BCUT2D eigenvalue weighted by Crippen LogP contribution is -2.30. The summed E-state index contributed by atoms with van der Waals surface area (Å²) >= 11 is 0. The zero-order chi connectivity index (χ0) is 16.2. The van der Waals surface area contributed by atoms with Crippen molar-refractivity contribution in [3.63, 3.8) is 0 Å². The number of non-ortho nitro benzene ring substituents is 1. The number of benzene rings is 1. The van der Waals surface area contributed by atoms with Crippen molar-refractivity contribution < 1.29 is 27.3 Å². The Morgan fingerprint density at radius 3 is 2.62 bits per heavy atom. The van der Waals surface area contributed by atoms with E-state index >= 15 is 0 Å². The summed E-state index contributed by atoms with van der Waals surface area (Å²) in [5, 5.41) is 10.6. The van der Waals surface area contributed by atoms with Crippen LogP contribution in [0.15, 0.2) is 23.1 Å². The zero-order valence-electron chi connectivity index (χ0n) is 11.3. The Labute approximate surface area is 120 Å². The third-order valence-electron chi connectivity index (χ3n) is 2.67. The fourth-order valence-corrected chi connectivity index (χ4v) is 2.69. The Kier molecular flexibility index (Phi) is 5.33. The van der Waals surface area contributed by atoms with Gasteiger partial charge in [0.05, 0.1) is 18.5 Å². The van der Waals surface area contributed by atoms with E-state index in [2.05, 4.69) is 4.74 Å². The van der Waals surface area contributed by atoms with Gasteiger partial charge in [0.1, 0.15) is 10.7 Å². The van der Waals surface area contributed by atoms with E-state index in [-0.39, 0.29) is 13.0 Å². The van der Waals surface area contributed by atoms with Gasteiger partial charge in [-0.2, -0.15) is 0 Å². The normalized spacial score (nSPS) is 11.4. The van der Waals surface area contributed by atoms with Gasteiger partial charge in [-0.05, 0) is 6.07 Å². The topological polar surface area (TPSA) is 107 Å². The molecule has 1 rings (SSSR count). The Hall–Kier alpha value is -2.07. The lowest BCUT2D eigenvalue weighted by Gasteiger charge is -2.16. The van der Waals surface area contributed by atoms with Crippen LogP contribution in [0.2, 0.25) is 0 Å². The van der Waals surface area contributed by atoms with Gasteiger partial charge in [0.2, 0.25) is 10.0 Å². The monoisotopic (exact) mass is 320 g/mol. The predicted molar refractivity (Wildman–Crippen MR) is 69.5 cm³/mol. The Balaban J connectivity index is 3.09. The molecule has 116 valence electrons. The van der Waals surface area contributed by atoms with Crippen molar-refractivity contribution >= 4 is 21.7 Å². The lowest BCUT2D eigenvalue weighted by atomic mass is 10.3. The van der Waals surface area contributed by atoms with Crippen molar-refractivity contribution in [3.8, 4) is 0 Å². The highest BCUT2D eigenvalue weighted by molar-refractivity contribution is 7.89. The summed E-state index contributed by atoms with van der Waals surface area (Å²) in [5.74, 6) is -1.73. The van der Waals surface area contributed by atoms with E-state index in [1.54, 1.807) is 0 Å². The van der Waals surface area contributed by atoms with Crippen LogP contribution in [0.4, 0.5) is 10.1 Å². The highest BCUT2D eigenvalue weighted by atomic mass is 32.2. The quantitative estimate of drug-likeness (QED) is 0.438. The summed E-state index contributed by atoms with van der Waals surface area (Å²) in [7, 11) is -2.00. The summed E-state index contributed by atoms with van der Waals surface area (Å²) in [6, 6.07) is 2.21. The average Bonchev–Trinajstić information content (AvgIpc) is 2.44. The van der Waals surface area contributed by atoms with Crippen LogP contribution in [0.3, 0.4) is 0 Å². The maximum atomic E-state index is 13.6. The molecule has 0 atom stereocenters. The first kappa shape index (κ1) is 17.0. The van der Waals surface area contributed by atoms with Crippen molar-refractivity contribution in [3.05, 3.63) is 34.1 Å². The summed E-state index contributed by atoms with van der Waals surface area (Å²) < 4.78 is 43.0. The van der Waals surface area contributed by atoms with Gasteiger partial charge in [-0.3, -0.25) is 14.9 Å². The van der Waals surface area contributed by atoms with Crippen molar-refractivity contribution in [2.45, 2.75) is 11.3 Å². The predicted octanol–water partition coefficient (Wildman–Crippen LogP) is 0.917. The molecule has 1 aromatic rings. The van der Waals surface area contributed by atoms with Crippen LogP contribution in [0.1, 0.15) is 6.42 Å². The molecule has 0 N–H and O–H groups in total. The second kappa shape index (κ2) is 6.59. The number of hydrogen-bond acceptors (Lipinski definition) is 6. The van der Waals surface area contributed by atoms with Gasteiger partial charge < -0.3 is 4.74 Å². The van der Waals surface area contributed by atoms with Crippen LogP contribution in [0, 0.1) is 15.9 Å². The molecule has 0 aromatic heterocycles. The van der Waals surface area contributed by atoms with Crippen molar-refractivity contribution in [1.29, 1.82) is 0 Å². The van der Waals surface area contributed by atoms with E-state index in [0.717, 1.165) is 24.5 Å². The third-order valence-corrected chi connectivity index (χ3v) is 4.54. The minimum Gasteiger partial charge on any atom is -0.469 e. The number of nitrogens with zero attached hydrogens (tertiary/aromatic N) is 2. The molecule has 0 amide bonds. The molecule has 0 aliphatic rings. The number of ether oxygens (including phenoxy) is 1. The fourth-order valence-electron chi connectivity index (χ4n) is 1.44. The van der Waals surface area contributed by atoms with Gasteiger partial charge in [-0.1, -0.05) is 0 Å². The minimum atomic E-state index is -4.28. The maximum absolute atomic E-state index is 13.6. The zero-order valence-corrected chi connectivity index (χ0v) is 12.1. The number of nitro benzene ring substituents is 1. The van der Waals surface area contributed by atoms with E-state index < -0.39 is 37.3 Å². The largest absolute Gasteiger partial charge is 0.469 e. The standard InChI is InChI=1S/C11H13FN2O6S/c1-13(6-5-11(15)20-2)21(18,19)10-7-8(14(16)17)3-4-9(10)12/h3-4,7H,5-6H2,1-2H3. The number of esters is 1. The van der Waals surface area contributed by atoms with Crippen molar-refractivity contribution in [2.75, 3.05) is 20.7 Å². The van der Waals surface area contributed by atoms with Crippen LogP contribution in [-0.4, -0.2) is 44.3 Å². The number of rotatable bonds is 6. The van der Waals surface area contributed by atoms with Crippen LogP contribution in [0.25, 0.3) is 0 Å². The SMILES string of the molecule is COC(=O)CCN(C)S(=O)(=O)c1cc([N+](=O)[O-])ccc1F. The molecule has 0 heterocycles. The number of methoxy groups -OCH3 is 1. The summed E-state index contributed by atoms with van der Waals surface area (Å²) in [6.07, 6.45) is -0.219. The second-order valence-corrected chi connectivity index (χ2v) is 6.04. The van der Waals surface area contributed by atoms with Crippen LogP contribution in [-0.2, 0) is 19.6 Å². The molecule has 8 nitrogen and oxygen atoms in total. The van der Waals surface area contributed by atoms with Gasteiger partial charge in [-0.15, -0.1) is 0 Å². The third kappa shape index (κ3) is 3.95. The number of halogens is 1. The van der Waals surface area contributed by atoms with E-state index in [4.69, 9.17) is 0 Å². The smallest absolute Gasteiger partial charge is 0.306 e. The molecule has 0 spiro atoms. The number of hydrogen-bond donors (Lipinski definition) is 0. The molecular formula is C11H13FN2O6S. The molecule has 0 saturated heterocycles. The Morgan fingerprint density at radius 2 is 2.10 bits per heavy atom. The molecule has 0 saturated carbocycles. The van der Waals surface area contributed by atoms with Gasteiger partial charge in [-0.25, -0.2) is 17.1 Å². The molecular weight excluding hydrogens is 307 g/mol. The van der Waals surface area contributed by atoms with Crippen LogP contribution >= 0.6 is 0 Å². The van der Waals surface area contributed by atoms with E-state index in [9.17, 15) is 27.7 Å². The first-order valence-electron chi connectivity index (χ1n) is 5.67. The molecule has 10 heteroatoms. The number of carbonyl (C=O) groups excluding carboxylic acids is 1. The van der Waals surface area contributed by atoms with Crippen molar-refractivity contribution in [2.24, 2.45) is 0 Å². The molecule has 1 aromatic carbocycles. The molecule has 0 aliphatic carbocycles. The second-order valence-electron chi connectivity index (χ2n) is 4.02. The molecule has 0 bridgehead atoms. The average molecular weight is 320 g/mol. The van der Waals surface area contributed by atoms with E-state index in [0.29, 0.717) is 12.1 Å². The molecule has 0 radical (unpaired) electrons. The number of carbonyl (C=O) groups is 1. The van der Waals surface area contributed by atoms with Crippen LogP contribution < -0.4 is 0 Å². The van der Waals surface area contributed by atoms with E-state index in [1.807, 2.05) is 0 Å². The van der Waals surface area contributed by atoms with Gasteiger partial charge in [0.15, 0.2) is 0 Å². The molecule has 0 aliphatic heterocycles. The van der Waals surface area contributed by atoms with Crippen molar-refractivity contribution in [1.82, 2.24) is 4.31 Å². The molecule has 21 heavy (non-hydrogen) atoms. The maximum Gasteiger partial charge on any atom is 0.306 e. The first-order valence-corrected chi connectivity index (χ1v) is 7.11. The Morgan fingerprint density at radius 1 is 1.48 bits per heavy atom. The lowest BCUT2D eigenvalue weighted by molar-refractivity contribution is -0.385. The number of nitro groups is 1. The molecule has 0 unspecified atom stereocenters. The first-order chi connectivity index (χ1) is 9.70. The molecule has 0 fully saturated rings. The Bertz CT molecular complexity index is 661. The van der Waals surface area contributed by atoms with Gasteiger partial charge in [0, 0.05) is 25.7 Å². The number of sulfonamides is 1.